The van der Waals surface area contributed by atoms with Gasteiger partial charge in [0.05, 0.1) is 6.10 Å². The molecule has 0 radical (unpaired) electrons. The van der Waals surface area contributed by atoms with Gasteiger partial charge in [0.1, 0.15) is 5.82 Å². The highest BCUT2D eigenvalue weighted by Gasteiger charge is 2.52. The van der Waals surface area contributed by atoms with Crippen molar-refractivity contribution < 1.29 is 18.3 Å². The van der Waals surface area contributed by atoms with Crippen LogP contribution in [-0.4, -0.2) is 76.7 Å². The van der Waals surface area contributed by atoms with Gasteiger partial charge < -0.3 is 20.8 Å². The normalized spacial score (nSPS) is 26.1. The van der Waals surface area contributed by atoms with Crippen LogP contribution in [0.4, 0.5) is 14.6 Å². The average Bonchev–Trinajstić information content (AvgIpc) is 2.91. The van der Waals surface area contributed by atoms with Crippen LogP contribution in [0.3, 0.4) is 0 Å². The van der Waals surface area contributed by atoms with Gasteiger partial charge in [-0.3, -0.25) is 14.3 Å². The van der Waals surface area contributed by atoms with E-state index in [1.807, 2.05) is 4.90 Å². The van der Waals surface area contributed by atoms with Crippen molar-refractivity contribution in [1.82, 2.24) is 19.4 Å². The molecule has 3 heterocycles. The van der Waals surface area contributed by atoms with Crippen molar-refractivity contribution in [2.45, 2.75) is 31.1 Å². The maximum Gasteiger partial charge on any atom is 0.351 e. The third-order valence-electron chi connectivity index (χ3n) is 4.95. The van der Waals surface area contributed by atoms with Gasteiger partial charge in [0.15, 0.2) is 0 Å². The maximum atomic E-state index is 14.5. The predicted molar refractivity (Wildman–Crippen MR) is 102 cm³/mol. The van der Waals surface area contributed by atoms with E-state index in [2.05, 4.69) is 4.98 Å². The quantitative estimate of drug-likeness (QED) is 0.698. The monoisotopic (exact) mass is 410 g/mol. The van der Waals surface area contributed by atoms with Gasteiger partial charge in [-0.15, -0.1) is 0 Å². The summed E-state index contributed by atoms with van der Waals surface area (Å²) in [6.45, 7) is 0.959. The highest BCUT2D eigenvalue weighted by atomic mass is 19.3. The Kier molecular flexibility index (Phi) is 5.80. The summed E-state index contributed by atoms with van der Waals surface area (Å²) in [4.78, 5) is 30.5. The van der Waals surface area contributed by atoms with Gasteiger partial charge in [0.25, 0.3) is 5.92 Å². The van der Waals surface area contributed by atoms with Crippen LogP contribution < -0.4 is 11.4 Å². The number of halogens is 2. The van der Waals surface area contributed by atoms with Crippen LogP contribution in [0.25, 0.3) is 0 Å². The van der Waals surface area contributed by atoms with Gasteiger partial charge in [-0.25, -0.2) is 13.6 Å². The Morgan fingerprint density at radius 3 is 2.86 bits per heavy atom. The van der Waals surface area contributed by atoms with E-state index in [4.69, 9.17) is 15.9 Å². The lowest BCUT2D eigenvalue weighted by molar-refractivity contribution is -0.123. The van der Waals surface area contributed by atoms with Crippen LogP contribution in [-0.2, 0) is 9.53 Å². The fraction of sp³-hybridized carbons (Fsp3) is 0.556. The summed E-state index contributed by atoms with van der Waals surface area (Å²) in [5, 5.41) is 8.15. The molecule has 9 nitrogen and oxygen atoms in total. The van der Waals surface area contributed by atoms with Crippen LogP contribution in [0, 0.1) is 5.41 Å². The summed E-state index contributed by atoms with van der Waals surface area (Å²) < 4.78 is 35.2. The summed E-state index contributed by atoms with van der Waals surface area (Å²) in [5.41, 5.74) is 5.45. The van der Waals surface area contributed by atoms with E-state index in [9.17, 15) is 18.4 Å². The molecule has 0 saturated carbocycles. The van der Waals surface area contributed by atoms with Crippen molar-refractivity contribution >= 4 is 17.4 Å². The minimum Gasteiger partial charge on any atom is -0.383 e. The Morgan fingerprint density at radius 1 is 1.52 bits per heavy atom. The lowest BCUT2D eigenvalue weighted by atomic mass is 10.0. The van der Waals surface area contributed by atoms with E-state index < -0.39 is 30.4 Å². The number of anilines is 1. The number of nitrogens with zero attached hydrogens (tertiary/aromatic N) is 4. The zero-order valence-electron chi connectivity index (χ0n) is 16.3. The van der Waals surface area contributed by atoms with E-state index in [-0.39, 0.29) is 30.5 Å². The summed E-state index contributed by atoms with van der Waals surface area (Å²) in [7, 11) is 3.27. The first-order valence-corrected chi connectivity index (χ1v) is 9.17. The van der Waals surface area contributed by atoms with Crippen LogP contribution >= 0.6 is 0 Å². The molecule has 2 aliphatic rings. The van der Waals surface area contributed by atoms with Gasteiger partial charge in [-0.2, -0.15) is 4.98 Å². The number of ether oxygens (including phenoxy) is 1. The second-order valence-corrected chi connectivity index (χ2v) is 7.48. The fourth-order valence-electron chi connectivity index (χ4n) is 3.43. The Bertz CT molecular complexity index is 898. The average molecular weight is 410 g/mol. The number of likely N-dealkylation sites (N-methyl/N-ethyl adjacent to an activating group) is 1. The number of rotatable bonds is 4. The van der Waals surface area contributed by atoms with Crippen LogP contribution in [0.1, 0.15) is 19.1 Å². The van der Waals surface area contributed by atoms with Gasteiger partial charge in [-0.1, -0.05) is 0 Å². The molecule has 1 aromatic heterocycles. The van der Waals surface area contributed by atoms with Crippen LogP contribution in [0.5, 0.6) is 0 Å². The lowest BCUT2D eigenvalue weighted by Crippen LogP contribution is -2.41. The summed E-state index contributed by atoms with van der Waals surface area (Å²) in [6, 6.07) is 1.27. The Balaban J connectivity index is 1.64. The third kappa shape index (κ3) is 4.67. The minimum atomic E-state index is -3.24. The Hall–Kier alpha value is -2.66. The molecule has 3 N–H and O–H groups in total. The number of nitrogen functional groups attached to an aromatic ring is 1. The van der Waals surface area contributed by atoms with Crippen LogP contribution in [0.2, 0.25) is 0 Å². The highest BCUT2D eigenvalue weighted by molar-refractivity contribution is 6.05. The molecule has 1 amide bonds. The van der Waals surface area contributed by atoms with Gasteiger partial charge >= 0.3 is 5.69 Å². The number of carbonyl (C=O) groups is 1. The number of likely N-dealkylation sites (tertiary alicyclic amines) is 1. The van der Waals surface area contributed by atoms with E-state index in [0.717, 1.165) is 10.8 Å². The topological polar surface area (TPSA) is 118 Å². The molecule has 0 bridgehead atoms. The largest absolute Gasteiger partial charge is 0.383 e. The number of hydrogen-bond acceptors (Lipinski definition) is 7. The fourth-order valence-corrected chi connectivity index (χ4v) is 3.43. The van der Waals surface area contributed by atoms with E-state index >= 15 is 0 Å². The Morgan fingerprint density at radius 2 is 2.24 bits per heavy atom. The predicted octanol–water partition coefficient (Wildman–Crippen LogP) is 0.488. The van der Waals surface area contributed by atoms with Crippen LogP contribution in [0.15, 0.2) is 28.7 Å². The molecule has 2 atom stereocenters. The lowest BCUT2D eigenvalue weighted by Gasteiger charge is -2.30. The van der Waals surface area contributed by atoms with E-state index in [0.29, 0.717) is 18.5 Å². The van der Waals surface area contributed by atoms with Gasteiger partial charge in [-0.05, 0) is 18.1 Å². The van der Waals surface area contributed by atoms with Crippen molar-refractivity contribution in [2.24, 2.45) is 0 Å². The molecule has 0 aliphatic carbocycles. The first-order chi connectivity index (χ1) is 13.6. The molecular weight excluding hydrogens is 386 g/mol. The second-order valence-electron chi connectivity index (χ2n) is 7.48. The molecule has 11 heteroatoms. The molecule has 2 unspecified atom stereocenters. The first kappa shape index (κ1) is 21.1. The first-order valence-electron chi connectivity index (χ1n) is 9.17. The SMILES string of the molecule is CN(C)C(=O)C=C1CCN(CC2CC(F)(F)C(n3ccc(N)nc3=O)O2)CC1=N. The second kappa shape index (κ2) is 7.99. The molecular formula is C18H24F2N6O3. The van der Waals surface area contributed by atoms with Crippen molar-refractivity contribution in [3.63, 3.8) is 0 Å². The summed E-state index contributed by atoms with van der Waals surface area (Å²) >= 11 is 0. The smallest absolute Gasteiger partial charge is 0.351 e. The van der Waals surface area contributed by atoms with E-state index in [1.54, 1.807) is 14.1 Å². The minimum absolute atomic E-state index is 0.0486. The number of carbonyl (C=O) groups excluding carboxylic acids is 1. The molecule has 2 saturated heterocycles. The molecule has 29 heavy (non-hydrogen) atoms. The molecule has 2 aliphatic heterocycles. The standard InChI is InChI=1S/C18H24F2N6O3/c1-24(2)15(27)7-11-3-5-25(10-13(11)21)9-12-8-18(19,20)16(29-12)26-6-4-14(22)23-17(26)28/h4,6-7,12,16,21H,3,5,8-10H2,1-2H3,(H2,22,23,28). The van der Waals surface area contributed by atoms with Crippen molar-refractivity contribution in [3.05, 3.63) is 34.4 Å². The number of nitrogens with two attached hydrogens (primary N) is 1. The zero-order chi connectivity index (χ0) is 21.3. The van der Waals surface area contributed by atoms with E-state index in [1.165, 1.54) is 17.0 Å². The number of amides is 1. The molecule has 3 rings (SSSR count). The molecule has 2 fully saturated rings. The van der Waals surface area contributed by atoms with Crippen molar-refractivity contribution in [3.8, 4) is 0 Å². The zero-order valence-corrected chi connectivity index (χ0v) is 16.3. The summed E-state index contributed by atoms with van der Waals surface area (Å²) in [6.07, 6.45) is -0.0177. The third-order valence-corrected chi connectivity index (χ3v) is 4.95. The molecule has 158 valence electrons. The Labute approximate surface area is 166 Å². The highest BCUT2D eigenvalue weighted by Crippen LogP contribution is 2.42. The number of hydrogen-bond donors (Lipinski definition) is 2. The van der Waals surface area contributed by atoms with Gasteiger partial charge in [0.2, 0.25) is 12.1 Å². The van der Waals surface area contributed by atoms with Gasteiger partial charge in [0, 0.05) is 58.1 Å². The number of alkyl halides is 2. The number of aromatic nitrogens is 2. The molecule has 1 aromatic rings. The maximum absolute atomic E-state index is 14.5. The number of piperidine rings is 1. The summed E-state index contributed by atoms with van der Waals surface area (Å²) in [5.74, 6) is -3.48. The molecule has 0 spiro atoms. The van der Waals surface area contributed by atoms with Crippen molar-refractivity contribution in [1.29, 1.82) is 5.41 Å². The van der Waals surface area contributed by atoms with Crippen molar-refractivity contribution in [2.75, 3.05) is 39.5 Å². The number of nitrogens with one attached hydrogen (secondary N) is 1. The molecule has 0 aromatic carbocycles.